The molecule has 10 heteroatoms. The highest BCUT2D eigenvalue weighted by molar-refractivity contribution is 7.99. The van der Waals surface area contributed by atoms with Gasteiger partial charge >= 0.3 is 0 Å². The minimum Gasteiger partial charge on any atom is -0.383 e. The summed E-state index contributed by atoms with van der Waals surface area (Å²) in [6.45, 7) is 5.69. The summed E-state index contributed by atoms with van der Waals surface area (Å²) in [6.07, 6.45) is 1.81. The minimum absolute atomic E-state index is 0.0832. The van der Waals surface area contributed by atoms with Crippen molar-refractivity contribution in [3.05, 3.63) is 112 Å². The molecule has 0 radical (unpaired) electrons. The third-order valence-electron chi connectivity index (χ3n) is 6.95. The van der Waals surface area contributed by atoms with Gasteiger partial charge in [-0.1, -0.05) is 17.8 Å². The van der Waals surface area contributed by atoms with Gasteiger partial charge in [-0.25, -0.2) is 0 Å². The predicted molar refractivity (Wildman–Crippen MR) is 157 cm³/mol. The van der Waals surface area contributed by atoms with Gasteiger partial charge in [0.1, 0.15) is 0 Å². The Hall–Kier alpha value is -3.73. The maximum atomic E-state index is 11.0. The number of nitro benzene ring substituents is 1. The van der Waals surface area contributed by atoms with Crippen molar-refractivity contribution in [1.29, 1.82) is 0 Å². The number of anilines is 1. The molecule has 2 aromatic heterocycles. The Kier molecular flexibility index (Phi) is 7.97. The van der Waals surface area contributed by atoms with Gasteiger partial charge in [0, 0.05) is 58.9 Å². The second-order valence-corrected chi connectivity index (χ2v) is 10.8. The molecule has 0 saturated carbocycles. The van der Waals surface area contributed by atoms with Crippen molar-refractivity contribution in [2.75, 3.05) is 18.6 Å². The van der Waals surface area contributed by atoms with Crippen LogP contribution in [0.1, 0.15) is 34.7 Å². The molecule has 39 heavy (non-hydrogen) atoms. The number of nitrogens with one attached hydrogen (secondary N) is 1. The summed E-state index contributed by atoms with van der Waals surface area (Å²) in [5, 5.41) is 15.1. The standard InChI is InChI=1S/C29H29N5O3S2/c1-19-18-25(20(2)32(19)16-17-37-3)28-27(26-6-4-5-15-30-26)31-29(38)33(28)21-7-11-23(12-8-21)39-24-13-9-22(10-14-24)34(35)36/h4-15,18,27-28H,16-17H2,1-3H3,(H,31,38)/t27-,28+/m0/s1. The highest BCUT2D eigenvalue weighted by Crippen LogP contribution is 2.43. The lowest BCUT2D eigenvalue weighted by Gasteiger charge is -2.28. The Morgan fingerprint density at radius 1 is 1.08 bits per heavy atom. The number of aryl methyl sites for hydroxylation is 1. The normalized spacial score (nSPS) is 16.9. The lowest BCUT2D eigenvalue weighted by atomic mass is 9.96. The number of aromatic nitrogens is 2. The van der Waals surface area contributed by atoms with Crippen LogP contribution in [0, 0.1) is 24.0 Å². The topological polar surface area (TPSA) is 85.5 Å². The van der Waals surface area contributed by atoms with E-state index >= 15 is 0 Å². The van der Waals surface area contributed by atoms with Gasteiger partial charge in [0.05, 0.1) is 29.3 Å². The molecule has 1 N–H and O–H groups in total. The second kappa shape index (κ2) is 11.6. The maximum absolute atomic E-state index is 11.0. The van der Waals surface area contributed by atoms with E-state index in [1.807, 2.05) is 24.4 Å². The second-order valence-electron chi connectivity index (χ2n) is 9.31. The van der Waals surface area contributed by atoms with Gasteiger partial charge in [-0.15, -0.1) is 0 Å². The molecule has 0 spiro atoms. The monoisotopic (exact) mass is 559 g/mol. The maximum Gasteiger partial charge on any atom is 0.269 e. The van der Waals surface area contributed by atoms with Crippen LogP contribution < -0.4 is 10.2 Å². The van der Waals surface area contributed by atoms with Crippen LogP contribution in [0.5, 0.6) is 0 Å². The highest BCUT2D eigenvalue weighted by atomic mass is 32.2. The zero-order chi connectivity index (χ0) is 27.5. The number of nitrogens with zero attached hydrogens (tertiary/aromatic N) is 4. The van der Waals surface area contributed by atoms with Crippen molar-refractivity contribution in [1.82, 2.24) is 14.9 Å². The third kappa shape index (κ3) is 5.54. The molecule has 0 amide bonds. The lowest BCUT2D eigenvalue weighted by molar-refractivity contribution is -0.384. The summed E-state index contributed by atoms with van der Waals surface area (Å²) in [6, 6.07) is 22.8. The zero-order valence-corrected chi connectivity index (χ0v) is 23.5. The predicted octanol–water partition coefficient (Wildman–Crippen LogP) is 6.38. The molecule has 8 nitrogen and oxygen atoms in total. The van der Waals surface area contributed by atoms with Crippen molar-refractivity contribution < 1.29 is 9.66 Å². The molecule has 0 unspecified atom stereocenters. The van der Waals surface area contributed by atoms with E-state index in [-0.39, 0.29) is 22.7 Å². The highest BCUT2D eigenvalue weighted by Gasteiger charge is 2.42. The number of hydrogen-bond donors (Lipinski definition) is 1. The molecular formula is C29H29N5O3S2. The quantitative estimate of drug-likeness (QED) is 0.144. The molecule has 1 aliphatic heterocycles. The fourth-order valence-corrected chi connectivity index (χ4v) is 6.21. The summed E-state index contributed by atoms with van der Waals surface area (Å²) >= 11 is 7.46. The summed E-state index contributed by atoms with van der Waals surface area (Å²) in [4.78, 5) is 19.4. The average Bonchev–Trinajstić information content (AvgIpc) is 3.43. The van der Waals surface area contributed by atoms with Gasteiger partial charge in [0.25, 0.3) is 5.69 Å². The number of hydrogen-bond acceptors (Lipinski definition) is 6. The molecule has 3 heterocycles. The Balaban J connectivity index is 1.48. The third-order valence-corrected chi connectivity index (χ3v) is 8.28. The molecule has 2 atom stereocenters. The molecular weight excluding hydrogens is 530 g/mol. The number of benzene rings is 2. The van der Waals surface area contributed by atoms with Crippen molar-refractivity contribution in [2.24, 2.45) is 0 Å². The van der Waals surface area contributed by atoms with E-state index < -0.39 is 0 Å². The van der Waals surface area contributed by atoms with Gasteiger partial charge in [-0.05, 0) is 86.2 Å². The number of rotatable bonds is 9. The summed E-state index contributed by atoms with van der Waals surface area (Å²) in [5.41, 5.74) is 5.53. The van der Waals surface area contributed by atoms with Crippen LogP contribution in [0.4, 0.5) is 11.4 Å². The van der Waals surface area contributed by atoms with Crippen molar-refractivity contribution in [2.45, 2.75) is 42.3 Å². The fraction of sp³-hybridized carbons (Fsp3) is 0.241. The largest absolute Gasteiger partial charge is 0.383 e. The van der Waals surface area contributed by atoms with E-state index in [4.69, 9.17) is 17.0 Å². The van der Waals surface area contributed by atoms with Crippen molar-refractivity contribution in [3.8, 4) is 0 Å². The first kappa shape index (κ1) is 26.9. The first-order chi connectivity index (χ1) is 18.9. The Bertz CT molecular complexity index is 1470. The van der Waals surface area contributed by atoms with Crippen LogP contribution in [0.25, 0.3) is 0 Å². The first-order valence-corrected chi connectivity index (χ1v) is 13.8. The molecule has 0 bridgehead atoms. The van der Waals surface area contributed by atoms with Crippen LogP contribution >= 0.6 is 24.0 Å². The van der Waals surface area contributed by atoms with Crippen LogP contribution in [-0.2, 0) is 11.3 Å². The average molecular weight is 560 g/mol. The molecule has 200 valence electrons. The number of methoxy groups -OCH3 is 1. The van der Waals surface area contributed by atoms with Crippen LogP contribution in [0.3, 0.4) is 0 Å². The number of pyridine rings is 1. The number of thiocarbonyl (C=S) groups is 1. The SMILES string of the molecule is COCCn1c(C)cc([C@@H]2[C@H](c3ccccn3)NC(=S)N2c2ccc(Sc3ccc([N+](=O)[O-])cc3)cc2)c1C. The number of nitro groups is 1. The Morgan fingerprint density at radius 2 is 1.77 bits per heavy atom. The molecule has 1 saturated heterocycles. The fourth-order valence-electron chi connectivity index (χ4n) is 5.05. The summed E-state index contributed by atoms with van der Waals surface area (Å²) in [5.74, 6) is 0. The summed E-state index contributed by atoms with van der Waals surface area (Å²) in [7, 11) is 1.72. The van der Waals surface area contributed by atoms with E-state index in [0.717, 1.165) is 27.7 Å². The molecule has 5 rings (SSSR count). The molecule has 1 aliphatic rings. The number of non-ortho nitro benzene ring substituents is 1. The van der Waals surface area contributed by atoms with E-state index in [0.29, 0.717) is 11.7 Å². The van der Waals surface area contributed by atoms with E-state index in [2.05, 4.69) is 63.9 Å². The molecule has 4 aromatic rings. The van der Waals surface area contributed by atoms with E-state index in [1.54, 1.807) is 31.0 Å². The molecule has 1 fully saturated rings. The van der Waals surface area contributed by atoms with E-state index in [9.17, 15) is 10.1 Å². The zero-order valence-electron chi connectivity index (χ0n) is 21.9. The van der Waals surface area contributed by atoms with Gasteiger partial charge < -0.3 is 19.5 Å². The molecule has 0 aliphatic carbocycles. The van der Waals surface area contributed by atoms with Crippen LogP contribution in [0.2, 0.25) is 0 Å². The van der Waals surface area contributed by atoms with Crippen LogP contribution in [-0.4, -0.2) is 33.3 Å². The Labute approximate surface area is 237 Å². The van der Waals surface area contributed by atoms with Crippen molar-refractivity contribution in [3.63, 3.8) is 0 Å². The lowest BCUT2D eigenvalue weighted by Crippen LogP contribution is -2.29. The van der Waals surface area contributed by atoms with Gasteiger partial charge in [-0.3, -0.25) is 15.1 Å². The smallest absolute Gasteiger partial charge is 0.269 e. The van der Waals surface area contributed by atoms with E-state index in [1.165, 1.54) is 29.1 Å². The first-order valence-electron chi connectivity index (χ1n) is 12.6. The summed E-state index contributed by atoms with van der Waals surface area (Å²) < 4.78 is 7.64. The van der Waals surface area contributed by atoms with Gasteiger partial charge in [0.2, 0.25) is 0 Å². The van der Waals surface area contributed by atoms with Gasteiger partial charge in [-0.2, -0.15) is 0 Å². The van der Waals surface area contributed by atoms with Crippen molar-refractivity contribution >= 4 is 40.5 Å². The van der Waals surface area contributed by atoms with Gasteiger partial charge in [0.15, 0.2) is 5.11 Å². The number of ether oxygens (including phenoxy) is 1. The van der Waals surface area contributed by atoms with Crippen LogP contribution in [0.15, 0.2) is 88.8 Å². The molecule has 2 aromatic carbocycles. The minimum atomic E-state index is -0.389. The Morgan fingerprint density at radius 3 is 2.38 bits per heavy atom.